The van der Waals surface area contributed by atoms with Gasteiger partial charge in [-0.25, -0.2) is 0 Å². The van der Waals surface area contributed by atoms with Gasteiger partial charge in [0.1, 0.15) is 11.4 Å². The molecule has 26 heavy (non-hydrogen) atoms. The number of nitrogens with zero attached hydrogens (tertiary/aromatic N) is 2. The molecule has 0 atom stereocenters. The van der Waals surface area contributed by atoms with Crippen LogP contribution in [0, 0.1) is 0 Å². The molecule has 0 amide bonds. The molecule has 4 rings (SSSR count). The fraction of sp³-hybridized carbons (Fsp3) is 0.273. The Bertz CT molecular complexity index is 911. The van der Waals surface area contributed by atoms with E-state index < -0.39 is 0 Å². The lowest BCUT2D eigenvalue weighted by molar-refractivity contribution is 0.0972. The molecule has 1 heterocycles. The number of hydrogen-bond donors (Lipinski definition) is 0. The Morgan fingerprint density at radius 1 is 1.04 bits per heavy atom. The summed E-state index contributed by atoms with van der Waals surface area (Å²) in [6.45, 7) is 0.787. The van der Waals surface area contributed by atoms with Gasteiger partial charge in [-0.2, -0.15) is 5.10 Å². The molecule has 1 aliphatic rings. The first kappa shape index (κ1) is 16.6. The van der Waals surface area contributed by atoms with Crippen molar-refractivity contribution in [3.8, 4) is 17.0 Å². The number of carbonyl (C=O) groups excluding carboxylic acids is 1. The van der Waals surface area contributed by atoms with Crippen molar-refractivity contribution in [2.24, 2.45) is 0 Å². The van der Waals surface area contributed by atoms with Gasteiger partial charge in [0, 0.05) is 24.2 Å². The Morgan fingerprint density at radius 3 is 2.54 bits per heavy atom. The zero-order chi connectivity index (χ0) is 17.9. The number of Topliss-reactive ketones (excluding diaryl/α,β-unsaturated/α-hetero) is 1. The molecule has 0 aliphatic heterocycles. The minimum atomic E-state index is 0.211. The average Bonchev–Trinajstić information content (AvgIpc) is 3.07. The van der Waals surface area contributed by atoms with Gasteiger partial charge in [0.2, 0.25) is 0 Å². The number of hydrogen-bond acceptors (Lipinski definition) is 3. The lowest BCUT2D eigenvalue weighted by atomic mass is 9.92. The Balaban J connectivity index is 1.69. The molecule has 0 bridgehead atoms. The summed E-state index contributed by atoms with van der Waals surface area (Å²) in [6, 6.07) is 18.2. The molecule has 1 aromatic heterocycles. The molecule has 0 N–H and O–H groups in total. The molecule has 0 unspecified atom stereocenters. The number of ether oxygens (including phenoxy) is 1. The molecule has 0 spiro atoms. The lowest BCUT2D eigenvalue weighted by Gasteiger charge is -2.13. The summed E-state index contributed by atoms with van der Waals surface area (Å²) in [6.07, 6.45) is 3.34. The molecule has 2 aromatic carbocycles. The van der Waals surface area contributed by atoms with E-state index in [0.717, 1.165) is 54.1 Å². The van der Waals surface area contributed by atoms with Crippen LogP contribution in [0.25, 0.3) is 11.3 Å². The van der Waals surface area contributed by atoms with Crippen LogP contribution in [0.3, 0.4) is 0 Å². The van der Waals surface area contributed by atoms with Crippen molar-refractivity contribution >= 4 is 5.78 Å². The summed E-state index contributed by atoms with van der Waals surface area (Å²) in [5.41, 5.74) is 4.96. The van der Waals surface area contributed by atoms with Gasteiger partial charge < -0.3 is 4.74 Å². The van der Waals surface area contributed by atoms with E-state index in [1.165, 1.54) is 5.56 Å². The van der Waals surface area contributed by atoms with Crippen LogP contribution in [0.5, 0.6) is 5.75 Å². The van der Waals surface area contributed by atoms with E-state index in [1.54, 1.807) is 7.11 Å². The molecule has 0 saturated heterocycles. The third-order valence-corrected chi connectivity index (χ3v) is 4.97. The van der Waals surface area contributed by atoms with Gasteiger partial charge >= 0.3 is 0 Å². The Kier molecular flexibility index (Phi) is 4.57. The van der Waals surface area contributed by atoms with Gasteiger partial charge in [0.15, 0.2) is 5.78 Å². The zero-order valence-electron chi connectivity index (χ0n) is 14.9. The van der Waals surface area contributed by atoms with Gasteiger partial charge in [-0.3, -0.25) is 9.48 Å². The van der Waals surface area contributed by atoms with E-state index in [9.17, 15) is 4.79 Å². The van der Waals surface area contributed by atoms with E-state index in [1.807, 2.05) is 35.0 Å². The summed E-state index contributed by atoms with van der Waals surface area (Å²) < 4.78 is 7.28. The smallest absolute Gasteiger partial charge is 0.166 e. The summed E-state index contributed by atoms with van der Waals surface area (Å²) in [7, 11) is 1.65. The fourth-order valence-electron chi connectivity index (χ4n) is 3.60. The van der Waals surface area contributed by atoms with E-state index in [-0.39, 0.29) is 5.78 Å². The predicted octanol–water partition coefficient (Wildman–Crippen LogP) is 4.32. The number of benzene rings is 2. The maximum Gasteiger partial charge on any atom is 0.166 e. The normalized spacial score (nSPS) is 13.5. The third-order valence-electron chi connectivity index (χ3n) is 4.97. The fourth-order valence-corrected chi connectivity index (χ4v) is 3.60. The topological polar surface area (TPSA) is 44.1 Å². The van der Waals surface area contributed by atoms with E-state index in [4.69, 9.17) is 9.84 Å². The minimum Gasteiger partial charge on any atom is -0.497 e. The van der Waals surface area contributed by atoms with Crippen molar-refractivity contribution in [2.45, 2.75) is 32.2 Å². The maximum absolute atomic E-state index is 12.6. The molecule has 3 aromatic rings. The first-order chi connectivity index (χ1) is 12.8. The molecule has 4 heteroatoms. The molecule has 0 saturated carbocycles. The Morgan fingerprint density at radius 2 is 1.81 bits per heavy atom. The minimum absolute atomic E-state index is 0.211. The number of methoxy groups -OCH3 is 1. The maximum atomic E-state index is 12.6. The molecular formula is C22H22N2O2. The monoisotopic (exact) mass is 346 g/mol. The van der Waals surface area contributed by atoms with Gasteiger partial charge in [-0.05, 0) is 49.1 Å². The van der Waals surface area contributed by atoms with Crippen LogP contribution in [0.4, 0.5) is 0 Å². The highest BCUT2D eigenvalue weighted by Crippen LogP contribution is 2.32. The highest BCUT2D eigenvalue weighted by Gasteiger charge is 2.27. The van der Waals surface area contributed by atoms with Crippen molar-refractivity contribution in [1.82, 2.24) is 9.78 Å². The average molecular weight is 346 g/mol. The van der Waals surface area contributed by atoms with Crippen LogP contribution in [-0.4, -0.2) is 22.7 Å². The Hall–Kier alpha value is -2.88. The molecule has 0 fully saturated rings. The number of rotatable bonds is 5. The van der Waals surface area contributed by atoms with E-state index >= 15 is 0 Å². The van der Waals surface area contributed by atoms with Crippen LogP contribution in [0.2, 0.25) is 0 Å². The van der Waals surface area contributed by atoms with Crippen LogP contribution >= 0.6 is 0 Å². The van der Waals surface area contributed by atoms with Crippen LogP contribution in [0.15, 0.2) is 54.6 Å². The number of aromatic nitrogens is 2. The highest BCUT2D eigenvalue weighted by molar-refractivity contribution is 6.03. The molecule has 1 aliphatic carbocycles. The molecular weight excluding hydrogens is 324 g/mol. The van der Waals surface area contributed by atoms with Crippen LogP contribution < -0.4 is 4.74 Å². The van der Waals surface area contributed by atoms with E-state index in [2.05, 4.69) is 24.3 Å². The highest BCUT2D eigenvalue weighted by atomic mass is 16.5. The van der Waals surface area contributed by atoms with Gasteiger partial charge in [0.25, 0.3) is 0 Å². The summed E-state index contributed by atoms with van der Waals surface area (Å²) in [4.78, 5) is 12.6. The SMILES string of the molecule is COc1ccc(-c2nn(CCc3ccccc3)c3c2C(=O)CCC3)cc1. The first-order valence-electron chi connectivity index (χ1n) is 9.07. The van der Waals surface area contributed by atoms with Crippen molar-refractivity contribution in [2.75, 3.05) is 7.11 Å². The first-order valence-corrected chi connectivity index (χ1v) is 9.07. The lowest BCUT2D eigenvalue weighted by Crippen LogP contribution is -2.14. The van der Waals surface area contributed by atoms with Gasteiger partial charge in [-0.15, -0.1) is 0 Å². The van der Waals surface area contributed by atoms with Crippen LogP contribution in [-0.2, 0) is 19.4 Å². The molecule has 132 valence electrons. The van der Waals surface area contributed by atoms with Crippen molar-refractivity contribution in [1.29, 1.82) is 0 Å². The zero-order valence-corrected chi connectivity index (χ0v) is 14.9. The van der Waals surface area contributed by atoms with Crippen molar-refractivity contribution in [3.63, 3.8) is 0 Å². The van der Waals surface area contributed by atoms with Crippen LogP contribution in [0.1, 0.15) is 34.5 Å². The largest absolute Gasteiger partial charge is 0.497 e. The van der Waals surface area contributed by atoms with Crippen molar-refractivity contribution in [3.05, 3.63) is 71.4 Å². The number of ketones is 1. The summed E-state index contributed by atoms with van der Waals surface area (Å²) in [5.74, 6) is 1.01. The van der Waals surface area contributed by atoms with Gasteiger partial charge in [-0.1, -0.05) is 30.3 Å². The molecule has 4 nitrogen and oxygen atoms in total. The quantitative estimate of drug-likeness (QED) is 0.691. The number of fused-ring (bicyclic) bond motifs is 1. The Labute approximate surface area is 153 Å². The molecule has 0 radical (unpaired) electrons. The number of carbonyl (C=O) groups is 1. The number of aryl methyl sites for hydroxylation is 2. The summed E-state index contributed by atoms with van der Waals surface area (Å²) >= 11 is 0. The summed E-state index contributed by atoms with van der Waals surface area (Å²) in [5, 5.41) is 4.84. The third kappa shape index (κ3) is 3.15. The second kappa shape index (κ2) is 7.16. The van der Waals surface area contributed by atoms with Crippen molar-refractivity contribution < 1.29 is 9.53 Å². The van der Waals surface area contributed by atoms with E-state index in [0.29, 0.717) is 6.42 Å². The standard InChI is InChI=1S/C22H22N2O2/c1-26-18-12-10-17(11-13-18)22-21-19(8-5-9-20(21)25)24(23-22)15-14-16-6-3-2-4-7-16/h2-4,6-7,10-13H,5,8-9,14-15H2,1H3. The predicted molar refractivity (Wildman–Crippen MR) is 102 cm³/mol. The second-order valence-corrected chi connectivity index (χ2v) is 6.63. The second-order valence-electron chi connectivity index (χ2n) is 6.63. The van der Waals surface area contributed by atoms with Gasteiger partial charge in [0.05, 0.1) is 12.7 Å².